The SMILES string of the molecule is CCF.CNNc1ccc(-c2c(C#N)c3cc(F)c(OC(F)F)cc3n2C2CCC2)nc1. The first-order chi connectivity index (χ1) is 15.4. The Balaban J connectivity index is 0.000000913. The second kappa shape index (κ2) is 10.3. The molecule has 6 nitrogen and oxygen atoms in total. The van der Waals surface area contributed by atoms with Crippen LogP contribution >= 0.6 is 0 Å². The van der Waals surface area contributed by atoms with E-state index in [1.807, 2.05) is 4.57 Å². The number of ether oxygens (including phenoxy) is 1. The van der Waals surface area contributed by atoms with Gasteiger partial charge < -0.3 is 14.7 Å². The number of fused-ring (bicyclic) bond motifs is 1. The number of halogens is 4. The van der Waals surface area contributed by atoms with Crippen molar-refractivity contribution < 1.29 is 22.3 Å². The van der Waals surface area contributed by atoms with E-state index in [1.54, 1.807) is 25.4 Å². The van der Waals surface area contributed by atoms with Crippen LogP contribution < -0.4 is 15.6 Å². The number of rotatable bonds is 6. The van der Waals surface area contributed by atoms with Crippen molar-refractivity contribution in [2.75, 3.05) is 19.1 Å². The summed E-state index contributed by atoms with van der Waals surface area (Å²) in [5.41, 5.74) is 8.29. The zero-order valence-electron chi connectivity index (χ0n) is 17.6. The summed E-state index contributed by atoms with van der Waals surface area (Å²) >= 11 is 0. The van der Waals surface area contributed by atoms with Gasteiger partial charge in [0.25, 0.3) is 0 Å². The molecular weight excluding hydrogens is 426 g/mol. The molecule has 0 unspecified atom stereocenters. The zero-order chi connectivity index (χ0) is 23.3. The maximum atomic E-state index is 14.4. The van der Waals surface area contributed by atoms with Crippen molar-refractivity contribution in [3.63, 3.8) is 0 Å². The van der Waals surface area contributed by atoms with E-state index in [1.165, 1.54) is 13.0 Å². The van der Waals surface area contributed by atoms with Crippen molar-refractivity contribution >= 4 is 16.6 Å². The average molecular weight is 449 g/mol. The third-order valence-corrected chi connectivity index (χ3v) is 5.10. The van der Waals surface area contributed by atoms with Gasteiger partial charge in [0.1, 0.15) is 6.07 Å². The van der Waals surface area contributed by atoms with Gasteiger partial charge in [-0.05, 0) is 44.4 Å². The number of nitriles is 1. The molecule has 1 saturated carbocycles. The summed E-state index contributed by atoms with van der Waals surface area (Å²) < 4.78 is 56.3. The van der Waals surface area contributed by atoms with Gasteiger partial charge in [0, 0.05) is 24.5 Å². The first-order valence-corrected chi connectivity index (χ1v) is 10.1. The molecule has 170 valence electrons. The molecular formula is C22H23F4N5O. The lowest BCUT2D eigenvalue weighted by molar-refractivity contribution is -0.0521. The standard InChI is InChI=1S/C20H18F3N5O.C2H5F/c1-25-27-11-5-6-16(26-10-11)19-14(9-24)13-7-15(21)18(29-20(22)23)8-17(13)28(19)12-3-2-4-12;1-2-3/h5-8,10,12,20,25,27H,2-4H2,1H3;2H2,1H3. The Morgan fingerprint density at radius 1 is 1.31 bits per heavy atom. The molecule has 1 aliphatic carbocycles. The van der Waals surface area contributed by atoms with Crippen LogP contribution in [0.2, 0.25) is 0 Å². The third kappa shape index (κ3) is 4.62. The molecule has 3 aromatic rings. The molecule has 1 fully saturated rings. The van der Waals surface area contributed by atoms with Gasteiger partial charge in [0.15, 0.2) is 11.6 Å². The van der Waals surface area contributed by atoms with Crippen LogP contribution in [0.1, 0.15) is 37.8 Å². The lowest BCUT2D eigenvalue weighted by Crippen LogP contribution is -2.18. The molecule has 0 atom stereocenters. The van der Waals surface area contributed by atoms with Gasteiger partial charge in [-0.25, -0.2) is 9.82 Å². The molecule has 0 bridgehead atoms. The molecule has 0 saturated heterocycles. The number of nitrogens with zero attached hydrogens (tertiary/aromatic N) is 3. The van der Waals surface area contributed by atoms with Gasteiger partial charge in [-0.15, -0.1) is 0 Å². The van der Waals surface area contributed by atoms with E-state index in [0.29, 0.717) is 22.3 Å². The molecule has 4 rings (SSSR count). The van der Waals surface area contributed by atoms with Crippen LogP contribution in [0.25, 0.3) is 22.3 Å². The summed E-state index contributed by atoms with van der Waals surface area (Å²) in [4.78, 5) is 4.45. The van der Waals surface area contributed by atoms with E-state index in [0.717, 1.165) is 31.0 Å². The topological polar surface area (TPSA) is 74.9 Å². The smallest absolute Gasteiger partial charge is 0.387 e. The highest BCUT2D eigenvalue weighted by molar-refractivity contribution is 5.95. The van der Waals surface area contributed by atoms with Crippen LogP contribution in [0.15, 0.2) is 30.5 Å². The molecule has 0 radical (unpaired) electrons. The minimum atomic E-state index is -3.14. The molecule has 2 N–H and O–H groups in total. The Labute approximate surface area is 182 Å². The summed E-state index contributed by atoms with van der Waals surface area (Å²) in [5, 5.41) is 10.2. The zero-order valence-corrected chi connectivity index (χ0v) is 17.6. The number of hydrogen-bond donors (Lipinski definition) is 2. The number of pyridine rings is 1. The van der Waals surface area contributed by atoms with Crippen molar-refractivity contribution in [1.82, 2.24) is 15.0 Å². The van der Waals surface area contributed by atoms with E-state index >= 15 is 0 Å². The predicted molar refractivity (Wildman–Crippen MR) is 114 cm³/mol. The molecule has 0 spiro atoms. The monoisotopic (exact) mass is 449 g/mol. The molecule has 2 heterocycles. The van der Waals surface area contributed by atoms with Crippen molar-refractivity contribution in [2.24, 2.45) is 0 Å². The highest BCUT2D eigenvalue weighted by atomic mass is 19.3. The number of hydrazine groups is 1. The van der Waals surface area contributed by atoms with Crippen molar-refractivity contribution in [3.05, 3.63) is 41.8 Å². The number of aromatic nitrogens is 2. The third-order valence-electron chi connectivity index (χ3n) is 5.10. The Kier molecular flexibility index (Phi) is 7.53. The van der Waals surface area contributed by atoms with Crippen molar-refractivity contribution in [2.45, 2.75) is 38.8 Å². The van der Waals surface area contributed by atoms with Crippen molar-refractivity contribution in [1.29, 1.82) is 5.26 Å². The van der Waals surface area contributed by atoms with Crippen molar-refractivity contribution in [3.8, 4) is 23.2 Å². The largest absolute Gasteiger partial charge is 0.432 e. The minimum absolute atomic E-state index is 0.0800. The Hall–Kier alpha value is -3.32. The molecule has 32 heavy (non-hydrogen) atoms. The van der Waals surface area contributed by atoms with Gasteiger partial charge in [-0.1, -0.05) is 0 Å². The fourth-order valence-corrected chi connectivity index (χ4v) is 3.64. The van der Waals surface area contributed by atoms with Gasteiger partial charge in [-0.3, -0.25) is 9.37 Å². The molecule has 0 amide bonds. The van der Waals surface area contributed by atoms with Gasteiger partial charge in [0.2, 0.25) is 0 Å². The summed E-state index contributed by atoms with van der Waals surface area (Å²) in [7, 11) is 1.73. The lowest BCUT2D eigenvalue weighted by Gasteiger charge is -2.30. The predicted octanol–water partition coefficient (Wildman–Crippen LogP) is 5.56. The number of hydrogen-bond acceptors (Lipinski definition) is 5. The normalized spacial score (nSPS) is 13.3. The molecule has 10 heteroatoms. The average Bonchev–Trinajstić information content (AvgIpc) is 3.01. The minimum Gasteiger partial charge on any atom is -0.432 e. The number of alkyl halides is 3. The summed E-state index contributed by atoms with van der Waals surface area (Å²) in [6.45, 7) is -1.93. The van der Waals surface area contributed by atoms with Crippen LogP contribution in [-0.2, 0) is 0 Å². The Morgan fingerprint density at radius 2 is 2.03 bits per heavy atom. The fraction of sp³-hybridized carbons (Fsp3) is 0.364. The first kappa shape index (κ1) is 23.3. The van der Waals surface area contributed by atoms with E-state index in [9.17, 15) is 22.8 Å². The van der Waals surface area contributed by atoms with Crippen LogP contribution in [0.3, 0.4) is 0 Å². The number of benzene rings is 1. The second-order valence-corrected chi connectivity index (χ2v) is 7.04. The van der Waals surface area contributed by atoms with Crippen LogP contribution in [0.5, 0.6) is 5.75 Å². The van der Waals surface area contributed by atoms with Crippen LogP contribution in [0.4, 0.5) is 23.2 Å². The van der Waals surface area contributed by atoms with Gasteiger partial charge >= 0.3 is 6.61 Å². The number of anilines is 1. The maximum absolute atomic E-state index is 14.4. The summed E-state index contributed by atoms with van der Waals surface area (Å²) in [6.07, 6.45) is 4.39. The number of nitrogens with one attached hydrogen (secondary N) is 2. The van der Waals surface area contributed by atoms with Gasteiger partial charge in [-0.2, -0.15) is 14.0 Å². The Morgan fingerprint density at radius 3 is 2.53 bits per heavy atom. The highest BCUT2D eigenvalue weighted by Crippen LogP contribution is 2.43. The molecule has 0 aliphatic heterocycles. The Bertz CT molecular complexity index is 1100. The second-order valence-electron chi connectivity index (χ2n) is 7.04. The fourth-order valence-electron chi connectivity index (χ4n) is 3.64. The molecule has 1 aliphatic rings. The molecule has 2 aromatic heterocycles. The quantitative estimate of drug-likeness (QED) is 0.381. The highest BCUT2D eigenvalue weighted by Gasteiger charge is 2.29. The molecule has 1 aromatic carbocycles. The van der Waals surface area contributed by atoms with Crippen LogP contribution in [-0.4, -0.2) is 29.9 Å². The summed E-state index contributed by atoms with van der Waals surface area (Å²) in [5.74, 6) is -1.48. The van der Waals surface area contributed by atoms with E-state index in [-0.39, 0.29) is 18.3 Å². The lowest BCUT2D eigenvalue weighted by atomic mass is 9.92. The maximum Gasteiger partial charge on any atom is 0.387 e. The van der Waals surface area contributed by atoms with E-state index in [4.69, 9.17) is 0 Å². The first-order valence-electron chi connectivity index (χ1n) is 10.1. The van der Waals surface area contributed by atoms with E-state index < -0.39 is 18.2 Å². The summed E-state index contributed by atoms with van der Waals surface area (Å²) in [6, 6.07) is 8.12. The van der Waals surface area contributed by atoms with Gasteiger partial charge in [0.05, 0.1) is 41.0 Å². The van der Waals surface area contributed by atoms with E-state index in [2.05, 4.69) is 26.6 Å². The van der Waals surface area contributed by atoms with Crippen LogP contribution in [0, 0.1) is 17.1 Å².